The predicted molar refractivity (Wildman–Crippen MR) is 82.4 cm³/mol. The smallest absolute Gasteiger partial charge is 0.244 e. The summed E-state index contributed by atoms with van der Waals surface area (Å²) in [5, 5.41) is 0. The fourth-order valence-corrected chi connectivity index (χ4v) is 5.39. The Balaban J connectivity index is 2.17. The maximum atomic E-state index is 12.7. The number of rotatable bonds is 4. The highest BCUT2D eigenvalue weighted by Gasteiger charge is 2.31. The second-order valence-corrected chi connectivity index (χ2v) is 8.62. The van der Waals surface area contributed by atoms with E-state index in [1.54, 1.807) is 10.4 Å². The van der Waals surface area contributed by atoms with E-state index in [1.165, 1.54) is 11.3 Å². The molecular weight excluding hydrogens is 294 g/mol. The number of nitrogens with zero attached hydrogens (tertiary/aromatic N) is 2. The second-order valence-electron chi connectivity index (χ2n) is 5.37. The molecule has 0 amide bonds. The van der Waals surface area contributed by atoms with Gasteiger partial charge in [-0.15, -0.1) is 11.3 Å². The van der Waals surface area contributed by atoms with Crippen molar-refractivity contribution in [1.82, 2.24) is 9.21 Å². The summed E-state index contributed by atoms with van der Waals surface area (Å²) in [6.07, 6.45) is 0. The third-order valence-electron chi connectivity index (χ3n) is 3.75. The molecule has 5 nitrogen and oxygen atoms in total. The molecule has 0 atom stereocenters. The van der Waals surface area contributed by atoms with Crippen LogP contribution in [0.25, 0.3) is 0 Å². The Kier molecular flexibility index (Phi) is 4.86. The molecule has 1 aromatic rings. The van der Waals surface area contributed by atoms with Crippen molar-refractivity contribution in [1.29, 1.82) is 0 Å². The lowest BCUT2D eigenvalue weighted by Crippen LogP contribution is -2.50. The van der Waals surface area contributed by atoms with Gasteiger partial charge >= 0.3 is 0 Å². The zero-order valence-electron chi connectivity index (χ0n) is 12.3. The first-order valence-electron chi connectivity index (χ1n) is 6.90. The van der Waals surface area contributed by atoms with Crippen LogP contribution in [0.4, 0.5) is 0 Å². The van der Waals surface area contributed by atoms with Crippen LogP contribution < -0.4 is 5.73 Å². The van der Waals surface area contributed by atoms with Crippen molar-refractivity contribution in [2.45, 2.75) is 38.3 Å². The second kappa shape index (κ2) is 6.11. The molecule has 2 N–H and O–H groups in total. The standard InChI is InChI=1S/C13H23N3O2S2/c1-10(2)15-4-6-16(7-5-15)20(17,18)13-8-12(9-14)19-11(13)3/h8,10H,4-7,9,14H2,1-3H3. The lowest BCUT2D eigenvalue weighted by Gasteiger charge is -2.36. The fraction of sp³-hybridized carbons (Fsp3) is 0.692. The van der Waals surface area contributed by atoms with Gasteiger partial charge in [-0.25, -0.2) is 8.42 Å². The molecule has 20 heavy (non-hydrogen) atoms. The van der Waals surface area contributed by atoms with E-state index >= 15 is 0 Å². The number of hydrogen-bond donors (Lipinski definition) is 1. The first-order valence-corrected chi connectivity index (χ1v) is 9.15. The number of piperazine rings is 1. The van der Waals surface area contributed by atoms with E-state index in [-0.39, 0.29) is 0 Å². The normalized spacial score (nSPS) is 18.9. The van der Waals surface area contributed by atoms with Crippen LogP contribution in [-0.4, -0.2) is 49.8 Å². The van der Waals surface area contributed by atoms with Crippen LogP contribution in [0, 0.1) is 6.92 Å². The van der Waals surface area contributed by atoms with Crippen molar-refractivity contribution in [3.8, 4) is 0 Å². The molecule has 2 rings (SSSR count). The zero-order chi connectivity index (χ0) is 14.9. The van der Waals surface area contributed by atoms with E-state index in [1.807, 2.05) is 6.92 Å². The SMILES string of the molecule is Cc1sc(CN)cc1S(=O)(=O)N1CCN(C(C)C)CC1. The summed E-state index contributed by atoms with van der Waals surface area (Å²) in [6, 6.07) is 2.19. The van der Waals surface area contributed by atoms with Crippen LogP contribution in [0.5, 0.6) is 0 Å². The van der Waals surface area contributed by atoms with Gasteiger partial charge in [0.25, 0.3) is 0 Å². The monoisotopic (exact) mass is 317 g/mol. The minimum atomic E-state index is -3.37. The molecular formula is C13H23N3O2S2. The molecule has 1 aliphatic rings. The molecule has 0 radical (unpaired) electrons. The van der Waals surface area contributed by atoms with E-state index in [4.69, 9.17) is 5.73 Å². The Morgan fingerprint density at radius 2 is 1.90 bits per heavy atom. The Bertz CT molecular complexity index is 558. The van der Waals surface area contributed by atoms with E-state index in [0.717, 1.165) is 22.8 Å². The van der Waals surface area contributed by atoms with Gasteiger partial charge in [0.05, 0.1) is 4.90 Å². The Morgan fingerprint density at radius 3 is 2.35 bits per heavy atom. The highest BCUT2D eigenvalue weighted by atomic mass is 32.2. The van der Waals surface area contributed by atoms with E-state index in [9.17, 15) is 8.42 Å². The first-order chi connectivity index (χ1) is 9.36. The molecule has 1 aliphatic heterocycles. The molecule has 0 bridgehead atoms. The predicted octanol–water partition coefficient (Wildman–Crippen LogP) is 1.23. The lowest BCUT2D eigenvalue weighted by atomic mass is 10.3. The topological polar surface area (TPSA) is 66.6 Å². The third kappa shape index (κ3) is 3.07. The number of nitrogens with two attached hydrogens (primary N) is 1. The van der Waals surface area contributed by atoms with Crippen molar-refractivity contribution in [3.63, 3.8) is 0 Å². The molecule has 0 unspecified atom stereocenters. The molecule has 2 heterocycles. The molecule has 1 saturated heterocycles. The lowest BCUT2D eigenvalue weighted by molar-refractivity contribution is 0.154. The molecule has 0 aliphatic carbocycles. The van der Waals surface area contributed by atoms with Crippen LogP contribution in [0.2, 0.25) is 0 Å². The highest BCUT2D eigenvalue weighted by molar-refractivity contribution is 7.89. The quantitative estimate of drug-likeness (QED) is 0.907. The average Bonchev–Trinajstić information content (AvgIpc) is 2.81. The van der Waals surface area contributed by atoms with E-state index < -0.39 is 10.0 Å². The maximum Gasteiger partial charge on any atom is 0.244 e. The average molecular weight is 317 g/mol. The van der Waals surface area contributed by atoms with Gasteiger partial charge in [0.15, 0.2) is 0 Å². The fourth-order valence-electron chi connectivity index (χ4n) is 2.48. The van der Waals surface area contributed by atoms with Crippen LogP contribution in [-0.2, 0) is 16.6 Å². The zero-order valence-corrected chi connectivity index (χ0v) is 13.9. The van der Waals surface area contributed by atoms with Crippen LogP contribution in [0.1, 0.15) is 23.6 Å². The van der Waals surface area contributed by atoms with Gasteiger partial charge in [0.1, 0.15) is 0 Å². The summed E-state index contributed by atoms with van der Waals surface area (Å²) in [4.78, 5) is 4.48. The van der Waals surface area contributed by atoms with Crippen LogP contribution >= 0.6 is 11.3 Å². The maximum absolute atomic E-state index is 12.7. The molecule has 7 heteroatoms. The Labute approximate surface area is 125 Å². The summed E-state index contributed by atoms with van der Waals surface area (Å²) in [6.45, 7) is 9.24. The van der Waals surface area contributed by atoms with Crippen molar-refractivity contribution in [2.75, 3.05) is 26.2 Å². The van der Waals surface area contributed by atoms with Gasteiger partial charge in [-0.05, 0) is 26.8 Å². The summed E-state index contributed by atoms with van der Waals surface area (Å²) >= 11 is 1.47. The van der Waals surface area contributed by atoms with Crippen molar-refractivity contribution >= 4 is 21.4 Å². The molecule has 1 fully saturated rings. The van der Waals surface area contributed by atoms with Gasteiger partial charge in [-0.1, -0.05) is 0 Å². The van der Waals surface area contributed by atoms with Crippen LogP contribution in [0.3, 0.4) is 0 Å². The molecule has 0 spiro atoms. The molecule has 0 saturated carbocycles. The van der Waals surface area contributed by atoms with Gasteiger partial charge in [0.2, 0.25) is 10.0 Å². The number of thiophene rings is 1. The first kappa shape index (κ1) is 15.9. The van der Waals surface area contributed by atoms with Gasteiger partial charge in [-0.3, -0.25) is 4.90 Å². The largest absolute Gasteiger partial charge is 0.326 e. The summed E-state index contributed by atoms with van der Waals surface area (Å²) in [7, 11) is -3.37. The van der Waals surface area contributed by atoms with Gasteiger partial charge < -0.3 is 5.73 Å². The van der Waals surface area contributed by atoms with Crippen molar-refractivity contribution in [3.05, 3.63) is 15.8 Å². The minimum absolute atomic E-state index is 0.391. The summed E-state index contributed by atoms with van der Waals surface area (Å²) < 4.78 is 27.0. The molecule has 1 aromatic heterocycles. The number of aryl methyl sites for hydroxylation is 1. The Morgan fingerprint density at radius 1 is 1.30 bits per heavy atom. The van der Waals surface area contributed by atoms with E-state index in [0.29, 0.717) is 30.6 Å². The van der Waals surface area contributed by atoms with Crippen molar-refractivity contribution < 1.29 is 8.42 Å². The van der Waals surface area contributed by atoms with Crippen LogP contribution in [0.15, 0.2) is 11.0 Å². The summed E-state index contributed by atoms with van der Waals surface area (Å²) in [5.74, 6) is 0. The molecule has 114 valence electrons. The minimum Gasteiger partial charge on any atom is -0.326 e. The molecule has 0 aromatic carbocycles. The number of sulfonamides is 1. The van der Waals surface area contributed by atoms with Gasteiger partial charge in [-0.2, -0.15) is 4.31 Å². The highest BCUT2D eigenvalue weighted by Crippen LogP contribution is 2.28. The summed E-state index contributed by atoms with van der Waals surface area (Å²) in [5.41, 5.74) is 5.60. The third-order valence-corrected chi connectivity index (χ3v) is 6.97. The van der Waals surface area contributed by atoms with Crippen molar-refractivity contribution in [2.24, 2.45) is 5.73 Å². The Hall–Kier alpha value is -0.470. The van der Waals surface area contributed by atoms with E-state index in [2.05, 4.69) is 18.7 Å². The number of hydrogen-bond acceptors (Lipinski definition) is 5. The van der Waals surface area contributed by atoms with Gasteiger partial charge in [0, 0.05) is 48.5 Å².